The number of fused-ring (bicyclic) bond motifs is 21. The lowest BCUT2D eigenvalue weighted by molar-refractivity contribution is 0.660. The van der Waals surface area contributed by atoms with Crippen molar-refractivity contribution in [3.05, 3.63) is 335 Å². The molecule has 0 saturated carbocycles. The summed E-state index contributed by atoms with van der Waals surface area (Å²) in [5.74, 6) is 0. The second-order valence-corrected chi connectivity index (χ2v) is 34.3. The Balaban J connectivity index is 0.547. The maximum atomic E-state index is 2.48. The van der Waals surface area contributed by atoms with Crippen molar-refractivity contribution < 1.29 is 0 Å². The smallest absolute Gasteiger partial charge is 0.0468 e. The Morgan fingerprint density at radius 1 is 0.204 bits per heavy atom. The molecule has 490 valence electrons. The average molecular weight is 1390 g/mol. The molecular weight excluding hydrogens is 1320 g/mol. The van der Waals surface area contributed by atoms with Crippen molar-refractivity contribution >= 4 is 184 Å². The quantitative estimate of drug-likeness (QED) is 0.126. The molecule has 6 heteroatoms. The number of rotatable bonds is 10. The highest BCUT2D eigenvalue weighted by atomic mass is 32.1. The molecular formula is C97H68N2S4. The minimum absolute atomic E-state index is 0.180. The predicted octanol–water partition coefficient (Wildman–Crippen LogP) is 29.4. The summed E-state index contributed by atoms with van der Waals surface area (Å²) in [5.41, 5.74) is 27.2. The monoisotopic (exact) mass is 1390 g/mol. The molecule has 2 nitrogen and oxygen atoms in total. The molecule has 0 saturated heterocycles. The third-order valence-electron chi connectivity index (χ3n) is 23.0. The van der Waals surface area contributed by atoms with Crippen molar-refractivity contribution in [3.8, 4) is 33.4 Å². The number of benzene rings is 14. The van der Waals surface area contributed by atoms with Crippen LogP contribution in [0.4, 0.5) is 34.1 Å². The molecule has 0 spiro atoms. The predicted molar refractivity (Wildman–Crippen MR) is 451 cm³/mol. The molecule has 4 heterocycles. The molecule has 0 radical (unpaired) electrons. The summed E-state index contributed by atoms with van der Waals surface area (Å²) < 4.78 is 10.5. The third kappa shape index (κ3) is 9.40. The van der Waals surface area contributed by atoms with Crippen LogP contribution in [0.2, 0.25) is 0 Å². The highest BCUT2D eigenvalue weighted by molar-refractivity contribution is 7.27. The van der Waals surface area contributed by atoms with E-state index in [1.807, 2.05) is 45.3 Å². The Morgan fingerprint density at radius 3 is 0.670 bits per heavy atom. The minimum Gasteiger partial charge on any atom is -0.310 e. The second-order valence-electron chi connectivity index (χ2n) is 30.0. The van der Waals surface area contributed by atoms with E-state index in [-0.39, 0.29) is 16.2 Å². The highest BCUT2D eigenvalue weighted by Gasteiger charge is 2.39. The normalized spacial score (nSPS) is 14.5. The van der Waals surface area contributed by atoms with Crippen LogP contribution < -0.4 is 9.80 Å². The van der Waals surface area contributed by atoms with Crippen LogP contribution in [0.15, 0.2) is 279 Å². The van der Waals surface area contributed by atoms with Gasteiger partial charge < -0.3 is 9.80 Å². The minimum atomic E-state index is -0.231. The molecule has 0 amide bonds. The van der Waals surface area contributed by atoms with Gasteiger partial charge in [-0.3, -0.25) is 0 Å². The largest absolute Gasteiger partial charge is 0.310 e. The Kier molecular flexibility index (Phi) is 13.3. The third-order valence-corrected chi connectivity index (χ3v) is 27.6. The Hall–Kier alpha value is -11.0. The molecule has 0 fully saturated rings. The lowest BCUT2D eigenvalue weighted by Gasteiger charge is -2.28. The van der Waals surface area contributed by atoms with Crippen molar-refractivity contribution in [2.45, 2.75) is 57.8 Å². The number of thiophene rings is 4. The maximum Gasteiger partial charge on any atom is 0.0468 e. The summed E-state index contributed by atoms with van der Waals surface area (Å²) in [5, 5.41) is 10.4. The zero-order chi connectivity index (χ0) is 68.8. The molecule has 0 atom stereocenters. The van der Waals surface area contributed by atoms with Crippen LogP contribution in [0.5, 0.6) is 0 Å². The van der Waals surface area contributed by atoms with E-state index < -0.39 is 0 Å². The molecule has 103 heavy (non-hydrogen) atoms. The van der Waals surface area contributed by atoms with Crippen molar-refractivity contribution in [2.24, 2.45) is 0 Å². The van der Waals surface area contributed by atoms with Crippen LogP contribution in [0.25, 0.3) is 138 Å². The van der Waals surface area contributed by atoms with Gasteiger partial charge in [0.1, 0.15) is 0 Å². The topological polar surface area (TPSA) is 6.48 Å². The second kappa shape index (κ2) is 22.5. The molecule has 0 bridgehead atoms. The molecule has 0 N–H and O–H groups in total. The molecule has 0 unspecified atom stereocenters. The van der Waals surface area contributed by atoms with Gasteiger partial charge in [-0.2, -0.15) is 0 Å². The first-order valence-electron chi connectivity index (χ1n) is 35.7. The molecule has 18 aromatic rings. The lowest BCUT2D eigenvalue weighted by Crippen LogP contribution is -2.16. The van der Waals surface area contributed by atoms with Crippen LogP contribution in [-0.4, -0.2) is 0 Å². The fourth-order valence-electron chi connectivity index (χ4n) is 17.6. The molecule has 0 aliphatic heterocycles. The zero-order valence-electron chi connectivity index (χ0n) is 57.9. The van der Waals surface area contributed by atoms with Gasteiger partial charge in [0.25, 0.3) is 0 Å². The van der Waals surface area contributed by atoms with E-state index >= 15 is 0 Å². The van der Waals surface area contributed by atoms with Gasteiger partial charge in [0.15, 0.2) is 0 Å². The molecule has 3 aliphatic rings. The summed E-state index contributed by atoms with van der Waals surface area (Å²) in [4.78, 5) is 4.97. The van der Waals surface area contributed by atoms with Crippen molar-refractivity contribution in [2.75, 3.05) is 9.80 Å². The van der Waals surface area contributed by atoms with Crippen LogP contribution in [0, 0.1) is 0 Å². The van der Waals surface area contributed by atoms with Gasteiger partial charge in [-0.15, -0.1) is 45.3 Å². The fraction of sp³-hybridized carbons (Fsp3) is 0.0928. The van der Waals surface area contributed by atoms with Crippen molar-refractivity contribution in [1.82, 2.24) is 0 Å². The maximum absolute atomic E-state index is 2.48. The summed E-state index contributed by atoms with van der Waals surface area (Å²) in [6.07, 6.45) is 9.25. The summed E-state index contributed by atoms with van der Waals surface area (Å²) in [7, 11) is 0. The van der Waals surface area contributed by atoms with E-state index in [1.165, 1.54) is 170 Å². The van der Waals surface area contributed by atoms with E-state index in [0.29, 0.717) is 0 Å². The first-order chi connectivity index (χ1) is 50.2. The summed E-state index contributed by atoms with van der Waals surface area (Å²) in [6, 6.07) is 106. The van der Waals surface area contributed by atoms with Crippen LogP contribution in [-0.2, 0) is 16.2 Å². The fourth-order valence-corrected chi connectivity index (χ4v) is 22.0. The van der Waals surface area contributed by atoms with Crippen molar-refractivity contribution in [3.63, 3.8) is 0 Å². The highest BCUT2D eigenvalue weighted by Crippen LogP contribution is 2.56. The first-order valence-corrected chi connectivity index (χ1v) is 39.0. The molecule has 21 rings (SSSR count). The SMILES string of the molecule is CC1(C)c2cc(/C=C/c3ccc4c(c3)C(C)(C)c3cc(N(c5ccc6sc7ccccc7c6c5)c5ccc6sc7ccccc7c6c5)ccc3-4)ccc2-c2ccc(/C=C/c3ccc4c(c3)C(C)(C)c3cc(N(c5ccc6sc7ccccc7c6c5)c5ccc6sc7ccccc7c6c5)ccc3-4)cc21. The molecule has 3 aliphatic carbocycles. The summed E-state index contributed by atoms with van der Waals surface area (Å²) >= 11 is 7.48. The Labute approximate surface area is 615 Å². The first kappa shape index (κ1) is 60.8. The Morgan fingerprint density at radius 2 is 0.408 bits per heavy atom. The van der Waals surface area contributed by atoms with Gasteiger partial charge in [-0.05, 0) is 210 Å². The van der Waals surface area contributed by atoms with Gasteiger partial charge in [-0.1, -0.05) is 224 Å². The van der Waals surface area contributed by atoms with E-state index in [9.17, 15) is 0 Å². The lowest BCUT2D eigenvalue weighted by atomic mass is 9.81. The van der Waals surface area contributed by atoms with Gasteiger partial charge in [0.2, 0.25) is 0 Å². The standard InChI is InChI=1S/C97H68N2S4/c1-95(2)81-47-57(23-25-59-29-39-69-71-41-31-65(55-85(71)96(3,4)83(69)49-59)98(61-33-43-91-77(51-61)73-15-7-11-19-87(73)100-91)62-34-44-92-78(52-62)74-16-8-12-20-88(74)101-92)27-37-67(81)68-38-28-58(48-82(68)95)24-26-60-30-40-70-72-42-32-66(56-86(72)97(5,6)84(70)50-60)99(63-35-45-93-79(53-63)75-17-9-13-21-89(75)102-93)64-36-46-94-80(54-64)76-18-10-14-22-90(76)103-94/h7-56H,1-6H3/b25-23+,26-24+. The Bertz CT molecular complexity index is 6120. The van der Waals surface area contributed by atoms with Gasteiger partial charge in [0, 0.05) is 131 Å². The number of anilines is 6. The van der Waals surface area contributed by atoms with E-state index in [1.54, 1.807) is 0 Å². The number of hydrogen-bond acceptors (Lipinski definition) is 6. The van der Waals surface area contributed by atoms with E-state index in [4.69, 9.17) is 0 Å². The van der Waals surface area contributed by atoms with E-state index in [2.05, 4.69) is 355 Å². The van der Waals surface area contributed by atoms with Gasteiger partial charge in [0.05, 0.1) is 0 Å². The van der Waals surface area contributed by atoms with Crippen LogP contribution in [0.1, 0.15) is 97.2 Å². The molecule has 4 aromatic heterocycles. The van der Waals surface area contributed by atoms with Gasteiger partial charge >= 0.3 is 0 Å². The number of nitrogens with zero attached hydrogens (tertiary/aromatic N) is 2. The molecule has 14 aromatic carbocycles. The van der Waals surface area contributed by atoms with Crippen LogP contribution in [0.3, 0.4) is 0 Å². The van der Waals surface area contributed by atoms with Crippen molar-refractivity contribution in [1.29, 1.82) is 0 Å². The van der Waals surface area contributed by atoms with Gasteiger partial charge in [-0.25, -0.2) is 0 Å². The zero-order valence-corrected chi connectivity index (χ0v) is 61.2. The van der Waals surface area contributed by atoms with Crippen LogP contribution >= 0.6 is 45.3 Å². The average Bonchev–Trinajstić information content (AvgIpc) is 1.57. The van der Waals surface area contributed by atoms with E-state index in [0.717, 1.165) is 34.1 Å². The summed E-state index contributed by atoms with van der Waals surface area (Å²) in [6.45, 7) is 14.4. The number of hydrogen-bond donors (Lipinski definition) is 0.